The van der Waals surface area contributed by atoms with E-state index in [-0.39, 0.29) is 23.1 Å². The van der Waals surface area contributed by atoms with Gasteiger partial charge in [0.15, 0.2) is 0 Å². The lowest BCUT2D eigenvalue weighted by molar-refractivity contribution is 0.617. The predicted octanol–water partition coefficient (Wildman–Crippen LogP) is 4.27. The molecule has 0 heterocycles. The van der Waals surface area contributed by atoms with Crippen molar-refractivity contribution in [1.29, 1.82) is 0 Å². The van der Waals surface area contributed by atoms with Gasteiger partial charge in [0.05, 0.1) is 5.69 Å². The highest BCUT2D eigenvalue weighted by atomic mass is 19.1. The molecule has 0 saturated heterocycles. The number of hydrogen-bond donors (Lipinski definition) is 1. The van der Waals surface area contributed by atoms with Crippen molar-refractivity contribution in [1.82, 2.24) is 0 Å². The van der Waals surface area contributed by atoms with E-state index in [1.807, 2.05) is 0 Å². The molecule has 0 aliphatic carbocycles. The molecule has 0 saturated carbocycles. The first-order valence-corrected chi connectivity index (χ1v) is 5.67. The molecule has 0 radical (unpaired) electrons. The van der Waals surface area contributed by atoms with Crippen LogP contribution in [-0.2, 0) is 0 Å². The van der Waals surface area contributed by atoms with Crippen LogP contribution in [-0.4, -0.2) is 0 Å². The molecule has 2 N–H and O–H groups in total. The van der Waals surface area contributed by atoms with Crippen molar-refractivity contribution in [3.63, 3.8) is 0 Å². The minimum atomic E-state index is -0.348. The summed E-state index contributed by atoms with van der Waals surface area (Å²) in [6.45, 7) is 1.69. The fourth-order valence-corrected chi connectivity index (χ4v) is 1.68. The van der Waals surface area contributed by atoms with Gasteiger partial charge in [-0.2, -0.15) is 0 Å². The van der Waals surface area contributed by atoms with Crippen molar-refractivity contribution in [3.05, 3.63) is 65.5 Å². The summed E-state index contributed by atoms with van der Waals surface area (Å²) < 4.78 is 37.8. The number of halogens is 3. The average molecular weight is 263 g/mol. The molecule has 4 heteroatoms. The molecule has 0 aliphatic heterocycles. The van der Waals surface area contributed by atoms with E-state index >= 15 is 0 Å². The minimum Gasteiger partial charge on any atom is -0.396 e. The lowest BCUT2D eigenvalue weighted by Gasteiger charge is -1.99. The van der Waals surface area contributed by atoms with Crippen molar-refractivity contribution in [3.8, 4) is 0 Å². The van der Waals surface area contributed by atoms with Crippen molar-refractivity contribution < 1.29 is 13.2 Å². The number of anilines is 1. The summed E-state index contributed by atoms with van der Waals surface area (Å²) >= 11 is 0. The Bertz CT molecular complexity index is 638. The van der Waals surface area contributed by atoms with E-state index in [2.05, 4.69) is 0 Å². The second-order valence-corrected chi connectivity index (χ2v) is 4.21. The molecule has 98 valence electrons. The number of benzene rings is 4. The van der Waals surface area contributed by atoms with E-state index in [0.29, 0.717) is 16.3 Å². The van der Waals surface area contributed by atoms with Crippen LogP contribution in [0.2, 0.25) is 0 Å². The third-order valence-corrected chi connectivity index (χ3v) is 2.78. The van der Waals surface area contributed by atoms with Gasteiger partial charge in [-0.25, -0.2) is 13.2 Å². The second kappa shape index (κ2) is 5.18. The Kier molecular flexibility index (Phi) is 3.60. The van der Waals surface area contributed by atoms with E-state index < -0.39 is 0 Å². The number of nitrogens with two attached hydrogens (primary N) is 1. The quantitative estimate of drug-likeness (QED) is 0.602. The minimum absolute atomic E-state index is 0.218. The van der Waals surface area contributed by atoms with Gasteiger partial charge < -0.3 is 5.73 Å². The van der Waals surface area contributed by atoms with Crippen LogP contribution in [0, 0.1) is 24.4 Å². The number of aryl methyl sites for hydroxylation is 1. The zero-order chi connectivity index (χ0) is 14.0. The van der Waals surface area contributed by atoms with Crippen molar-refractivity contribution in [2.75, 3.05) is 5.73 Å². The van der Waals surface area contributed by atoms with Crippen molar-refractivity contribution in [2.24, 2.45) is 0 Å². The van der Waals surface area contributed by atoms with Gasteiger partial charge in [-0.05, 0) is 30.7 Å². The maximum absolute atomic E-state index is 12.6. The van der Waals surface area contributed by atoms with Gasteiger partial charge >= 0.3 is 0 Å². The molecule has 0 amide bonds. The summed E-state index contributed by atoms with van der Waals surface area (Å²) in [7, 11) is 0. The van der Waals surface area contributed by atoms with Crippen molar-refractivity contribution in [2.45, 2.75) is 6.92 Å². The van der Waals surface area contributed by atoms with Crippen LogP contribution in [0.3, 0.4) is 0 Å². The van der Waals surface area contributed by atoms with Gasteiger partial charge in [-0.1, -0.05) is 24.3 Å². The second-order valence-electron chi connectivity index (χ2n) is 4.21. The largest absolute Gasteiger partial charge is 0.396 e. The lowest BCUT2D eigenvalue weighted by atomic mass is 10.1. The fourth-order valence-electron chi connectivity index (χ4n) is 1.68. The molecule has 4 aromatic rings. The third-order valence-electron chi connectivity index (χ3n) is 2.78. The number of fused-ring (bicyclic) bond motifs is 3. The Labute approximate surface area is 108 Å². The van der Waals surface area contributed by atoms with Crippen LogP contribution in [0.5, 0.6) is 0 Å². The van der Waals surface area contributed by atoms with Crippen LogP contribution in [0.1, 0.15) is 5.56 Å². The maximum atomic E-state index is 12.6. The van der Waals surface area contributed by atoms with Crippen molar-refractivity contribution >= 4 is 16.5 Å². The first-order chi connectivity index (χ1) is 8.99. The summed E-state index contributed by atoms with van der Waals surface area (Å²) in [6, 6.07) is 10.5. The van der Waals surface area contributed by atoms with E-state index in [1.54, 1.807) is 37.3 Å². The molecular weight excluding hydrogens is 251 g/mol. The SMILES string of the molecule is Cc1cccc(N)c1F.Fc1cc2ccc1cc2F. The van der Waals surface area contributed by atoms with Gasteiger partial charge in [-0.15, -0.1) is 0 Å². The highest BCUT2D eigenvalue weighted by Crippen LogP contribution is 2.19. The summed E-state index contributed by atoms with van der Waals surface area (Å²) in [5, 5.41) is 0.653. The standard InChI is InChI=1S/C8H4F2.C7H8FN/c9-7-4-6-2-1-5(7)3-8(6)10;1-5-3-2-4-6(9)7(5)8/h1-4H;2-4H,9H2,1H3. The van der Waals surface area contributed by atoms with Gasteiger partial charge in [-0.3, -0.25) is 0 Å². The molecule has 0 aromatic heterocycles. The highest BCUT2D eigenvalue weighted by Gasteiger charge is 2.04. The molecule has 0 aliphatic rings. The molecule has 1 nitrogen and oxygen atoms in total. The summed E-state index contributed by atoms with van der Waals surface area (Å²) in [6.07, 6.45) is 0. The molecule has 2 bridgehead atoms. The Balaban J connectivity index is 0.000000141. The summed E-state index contributed by atoms with van der Waals surface area (Å²) in [5.74, 6) is -1.00. The molecule has 19 heavy (non-hydrogen) atoms. The van der Waals surface area contributed by atoms with Gasteiger partial charge in [0.25, 0.3) is 0 Å². The van der Waals surface area contributed by atoms with E-state index in [1.165, 1.54) is 12.1 Å². The molecule has 0 spiro atoms. The van der Waals surface area contributed by atoms with E-state index in [0.717, 1.165) is 0 Å². The number of rotatable bonds is 0. The molecule has 4 aromatic carbocycles. The van der Waals surface area contributed by atoms with Crippen LogP contribution >= 0.6 is 0 Å². The molecular formula is C15H12F3N. The van der Waals surface area contributed by atoms with Gasteiger partial charge in [0.1, 0.15) is 17.5 Å². The lowest BCUT2D eigenvalue weighted by Crippen LogP contribution is -1.91. The zero-order valence-corrected chi connectivity index (χ0v) is 10.3. The van der Waals surface area contributed by atoms with Gasteiger partial charge in [0, 0.05) is 10.8 Å². The monoisotopic (exact) mass is 263 g/mol. The Hall–Kier alpha value is -2.23. The van der Waals surface area contributed by atoms with Gasteiger partial charge in [0.2, 0.25) is 0 Å². The maximum Gasteiger partial charge on any atom is 0.148 e. The van der Waals surface area contributed by atoms with Crippen LogP contribution < -0.4 is 5.73 Å². The predicted molar refractivity (Wildman–Crippen MR) is 70.6 cm³/mol. The van der Waals surface area contributed by atoms with E-state index in [4.69, 9.17) is 5.73 Å². The first-order valence-electron chi connectivity index (χ1n) is 5.67. The molecule has 0 fully saturated rings. The topological polar surface area (TPSA) is 26.0 Å². The zero-order valence-electron chi connectivity index (χ0n) is 10.3. The Morgan fingerprint density at radius 1 is 0.842 bits per heavy atom. The number of nitrogen functional groups attached to an aromatic ring is 1. The molecule has 4 rings (SSSR count). The van der Waals surface area contributed by atoms with Crippen LogP contribution in [0.15, 0.2) is 42.5 Å². The normalized spacial score (nSPS) is 10.3. The fraction of sp³-hybridized carbons (Fsp3) is 0.0667. The van der Waals surface area contributed by atoms with Crippen LogP contribution in [0.25, 0.3) is 10.8 Å². The van der Waals surface area contributed by atoms with Crippen LogP contribution in [0.4, 0.5) is 18.9 Å². The Morgan fingerprint density at radius 2 is 1.37 bits per heavy atom. The average Bonchev–Trinajstić information content (AvgIpc) is 2.38. The summed E-state index contributed by atoms with van der Waals surface area (Å²) in [4.78, 5) is 0. The van der Waals surface area contributed by atoms with E-state index in [9.17, 15) is 13.2 Å². The third kappa shape index (κ3) is 2.78. The number of hydrogen-bond acceptors (Lipinski definition) is 1. The molecule has 0 unspecified atom stereocenters. The smallest absolute Gasteiger partial charge is 0.148 e. The molecule has 0 atom stereocenters. The summed E-state index contributed by atoms with van der Waals surface area (Å²) in [5.41, 5.74) is 6.06. The highest BCUT2D eigenvalue weighted by molar-refractivity contribution is 5.70. The Morgan fingerprint density at radius 3 is 1.68 bits per heavy atom. The first kappa shape index (κ1) is 13.2.